The summed E-state index contributed by atoms with van der Waals surface area (Å²) in [6, 6.07) is 2.37. The van der Waals surface area contributed by atoms with Crippen molar-refractivity contribution in [2.75, 3.05) is 13.1 Å². The monoisotopic (exact) mass is 223 g/mol. The molecule has 0 heterocycles. The van der Waals surface area contributed by atoms with Gasteiger partial charge in [-0.05, 0) is 31.6 Å². The predicted molar refractivity (Wildman–Crippen MR) is 62.7 cm³/mol. The Labute approximate surface area is 97.4 Å². The minimum atomic E-state index is -0.0841. The lowest BCUT2D eigenvalue weighted by atomic mass is 9.84. The molecular formula is C12H21N3O. The van der Waals surface area contributed by atoms with Crippen molar-refractivity contribution in [3.63, 3.8) is 0 Å². The van der Waals surface area contributed by atoms with Gasteiger partial charge in [0.1, 0.15) is 6.54 Å². The molecule has 1 aliphatic carbocycles. The van der Waals surface area contributed by atoms with Gasteiger partial charge in [-0.1, -0.05) is 13.3 Å². The number of nitriles is 1. The molecule has 1 amide bonds. The lowest BCUT2D eigenvalue weighted by Crippen LogP contribution is -2.40. The summed E-state index contributed by atoms with van der Waals surface area (Å²) in [5.74, 6) is 0.796. The zero-order chi connectivity index (χ0) is 11.8. The van der Waals surface area contributed by atoms with E-state index < -0.39 is 0 Å². The van der Waals surface area contributed by atoms with Crippen LogP contribution in [0.5, 0.6) is 0 Å². The lowest BCUT2D eigenvalue weighted by molar-refractivity contribution is -0.120. The number of nitrogens with one attached hydrogen (secondary N) is 2. The third-order valence-corrected chi connectivity index (χ3v) is 3.34. The molecule has 0 aromatic rings. The van der Waals surface area contributed by atoms with Crippen LogP contribution in [0.15, 0.2) is 0 Å². The van der Waals surface area contributed by atoms with E-state index in [9.17, 15) is 4.79 Å². The summed E-state index contributed by atoms with van der Waals surface area (Å²) in [4.78, 5) is 11.2. The number of hydrogen-bond acceptors (Lipinski definition) is 3. The van der Waals surface area contributed by atoms with Crippen molar-refractivity contribution in [3.05, 3.63) is 0 Å². The molecule has 1 fully saturated rings. The van der Waals surface area contributed by atoms with Crippen molar-refractivity contribution in [3.8, 4) is 6.07 Å². The first-order valence-corrected chi connectivity index (χ1v) is 6.13. The maximum absolute atomic E-state index is 11.2. The zero-order valence-electron chi connectivity index (χ0n) is 9.96. The summed E-state index contributed by atoms with van der Waals surface area (Å²) in [7, 11) is 0. The van der Waals surface area contributed by atoms with Crippen molar-refractivity contribution in [2.45, 2.75) is 45.1 Å². The van der Waals surface area contributed by atoms with Gasteiger partial charge in [0.25, 0.3) is 0 Å². The molecule has 0 radical (unpaired) electrons. The molecule has 0 aromatic carbocycles. The quantitative estimate of drug-likeness (QED) is 0.688. The molecule has 0 aliphatic heterocycles. The summed E-state index contributed by atoms with van der Waals surface area (Å²) >= 11 is 0. The Kier molecular flexibility index (Phi) is 5.87. The minimum absolute atomic E-state index is 0.0841. The van der Waals surface area contributed by atoms with Gasteiger partial charge >= 0.3 is 0 Å². The fourth-order valence-corrected chi connectivity index (χ4v) is 2.21. The van der Waals surface area contributed by atoms with Crippen molar-refractivity contribution in [2.24, 2.45) is 5.92 Å². The van der Waals surface area contributed by atoms with E-state index in [-0.39, 0.29) is 12.5 Å². The number of nitrogens with zero attached hydrogens (tertiary/aromatic N) is 1. The molecule has 4 nitrogen and oxygen atoms in total. The minimum Gasteiger partial charge on any atom is -0.342 e. The van der Waals surface area contributed by atoms with Gasteiger partial charge < -0.3 is 10.6 Å². The van der Waals surface area contributed by atoms with Crippen LogP contribution in [-0.4, -0.2) is 25.0 Å². The normalized spacial score (nSPS) is 24.8. The fourth-order valence-electron chi connectivity index (χ4n) is 2.21. The van der Waals surface area contributed by atoms with Crippen molar-refractivity contribution < 1.29 is 4.79 Å². The fraction of sp³-hybridized carbons (Fsp3) is 0.833. The highest BCUT2D eigenvalue weighted by Crippen LogP contribution is 2.26. The zero-order valence-corrected chi connectivity index (χ0v) is 9.96. The van der Waals surface area contributed by atoms with Crippen LogP contribution >= 0.6 is 0 Å². The van der Waals surface area contributed by atoms with E-state index in [2.05, 4.69) is 17.6 Å². The smallest absolute Gasteiger partial charge is 0.234 e. The number of carbonyl (C=O) groups is 1. The second-order valence-electron chi connectivity index (χ2n) is 4.44. The molecule has 1 saturated carbocycles. The molecule has 0 unspecified atom stereocenters. The van der Waals surface area contributed by atoms with Crippen molar-refractivity contribution in [1.82, 2.24) is 10.6 Å². The molecule has 0 aromatic heterocycles. The van der Waals surface area contributed by atoms with Crippen LogP contribution in [0.25, 0.3) is 0 Å². The Morgan fingerprint density at radius 1 is 1.38 bits per heavy atom. The van der Waals surface area contributed by atoms with Crippen LogP contribution in [0.2, 0.25) is 0 Å². The molecule has 0 bridgehead atoms. The number of carbonyl (C=O) groups excluding carboxylic acids is 1. The molecule has 0 saturated heterocycles. The molecule has 1 aliphatic rings. The Hall–Kier alpha value is -1.08. The standard InChI is InChI=1S/C12H21N3O/c1-2-10-3-5-11(6-4-10)15-9-12(16)14-8-7-13/h10-11,15H,2-6,8-9H2,1H3,(H,14,16). The topological polar surface area (TPSA) is 64.9 Å². The van der Waals surface area contributed by atoms with Gasteiger partial charge in [-0.25, -0.2) is 0 Å². The van der Waals surface area contributed by atoms with E-state index in [1.54, 1.807) is 0 Å². The first-order valence-electron chi connectivity index (χ1n) is 6.13. The van der Waals surface area contributed by atoms with Crippen LogP contribution in [0.4, 0.5) is 0 Å². The maximum Gasteiger partial charge on any atom is 0.234 e. The first-order chi connectivity index (χ1) is 7.76. The van der Waals surface area contributed by atoms with E-state index in [1.807, 2.05) is 6.07 Å². The highest BCUT2D eigenvalue weighted by atomic mass is 16.1. The Balaban J connectivity index is 2.10. The van der Waals surface area contributed by atoms with E-state index in [0.29, 0.717) is 12.6 Å². The first kappa shape index (κ1) is 13.0. The Bertz CT molecular complexity index is 251. The molecule has 4 heteroatoms. The maximum atomic E-state index is 11.2. The Morgan fingerprint density at radius 2 is 2.06 bits per heavy atom. The van der Waals surface area contributed by atoms with E-state index in [0.717, 1.165) is 5.92 Å². The van der Waals surface area contributed by atoms with E-state index >= 15 is 0 Å². The average Bonchev–Trinajstić information content (AvgIpc) is 2.34. The summed E-state index contributed by atoms with van der Waals surface area (Å²) < 4.78 is 0. The SMILES string of the molecule is CCC1CCC(NCC(=O)NCC#N)CC1. The van der Waals surface area contributed by atoms with E-state index in [1.165, 1.54) is 32.1 Å². The summed E-state index contributed by atoms with van der Waals surface area (Å²) in [5.41, 5.74) is 0. The molecular weight excluding hydrogens is 202 g/mol. The van der Waals surface area contributed by atoms with Gasteiger partial charge in [0.2, 0.25) is 5.91 Å². The largest absolute Gasteiger partial charge is 0.342 e. The van der Waals surface area contributed by atoms with Crippen LogP contribution in [-0.2, 0) is 4.79 Å². The third kappa shape index (κ3) is 4.63. The van der Waals surface area contributed by atoms with Gasteiger partial charge in [-0.3, -0.25) is 4.79 Å². The number of amides is 1. The van der Waals surface area contributed by atoms with Crippen LogP contribution in [0.3, 0.4) is 0 Å². The highest BCUT2D eigenvalue weighted by molar-refractivity contribution is 5.78. The number of rotatable bonds is 5. The van der Waals surface area contributed by atoms with Crippen molar-refractivity contribution >= 4 is 5.91 Å². The molecule has 16 heavy (non-hydrogen) atoms. The van der Waals surface area contributed by atoms with Gasteiger partial charge in [-0.2, -0.15) is 5.26 Å². The van der Waals surface area contributed by atoms with E-state index in [4.69, 9.17) is 5.26 Å². The Morgan fingerprint density at radius 3 is 2.62 bits per heavy atom. The van der Waals surface area contributed by atoms with Crippen LogP contribution in [0.1, 0.15) is 39.0 Å². The second kappa shape index (κ2) is 7.24. The van der Waals surface area contributed by atoms with Crippen LogP contribution < -0.4 is 10.6 Å². The van der Waals surface area contributed by atoms with Gasteiger partial charge in [0.15, 0.2) is 0 Å². The molecule has 0 spiro atoms. The summed E-state index contributed by atoms with van der Waals surface area (Å²) in [6.07, 6.45) is 6.16. The summed E-state index contributed by atoms with van der Waals surface area (Å²) in [6.45, 7) is 2.68. The highest BCUT2D eigenvalue weighted by Gasteiger charge is 2.19. The molecule has 0 atom stereocenters. The van der Waals surface area contributed by atoms with Crippen molar-refractivity contribution in [1.29, 1.82) is 5.26 Å². The molecule has 2 N–H and O–H groups in total. The van der Waals surface area contributed by atoms with Crippen LogP contribution in [0, 0.1) is 17.2 Å². The van der Waals surface area contributed by atoms with Gasteiger partial charge in [0, 0.05) is 6.04 Å². The average molecular weight is 223 g/mol. The predicted octanol–water partition coefficient (Wildman–Crippen LogP) is 1.18. The third-order valence-electron chi connectivity index (χ3n) is 3.34. The summed E-state index contributed by atoms with van der Waals surface area (Å²) in [5, 5.41) is 14.1. The van der Waals surface area contributed by atoms with Gasteiger partial charge in [-0.15, -0.1) is 0 Å². The second-order valence-corrected chi connectivity index (χ2v) is 4.44. The molecule has 90 valence electrons. The molecule has 1 rings (SSSR count). The lowest BCUT2D eigenvalue weighted by Gasteiger charge is -2.28. The number of hydrogen-bond donors (Lipinski definition) is 2. The van der Waals surface area contributed by atoms with Gasteiger partial charge in [0.05, 0.1) is 12.6 Å².